The third kappa shape index (κ3) is 4.29. The molecule has 0 fully saturated rings. The molecule has 7 heteroatoms. The van der Waals surface area contributed by atoms with Crippen LogP contribution in [-0.4, -0.2) is 33.9 Å². The Morgan fingerprint density at radius 2 is 2.18 bits per heavy atom. The number of aromatic nitrogens is 2. The van der Waals surface area contributed by atoms with Gasteiger partial charge in [-0.25, -0.2) is 4.79 Å². The zero-order valence-corrected chi connectivity index (χ0v) is 12.5. The molecule has 0 amide bonds. The summed E-state index contributed by atoms with van der Waals surface area (Å²) < 4.78 is 15.3. The minimum atomic E-state index is -0.491. The number of para-hydroxylation sites is 1. The number of esters is 1. The van der Waals surface area contributed by atoms with Crippen molar-refractivity contribution in [2.75, 3.05) is 6.61 Å². The highest BCUT2D eigenvalue weighted by Crippen LogP contribution is 2.26. The molecule has 0 spiro atoms. The molecule has 1 atom stereocenters. The molecule has 1 N–H and O–H groups in total. The Morgan fingerprint density at radius 1 is 1.41 bits per heavy atom. The lowest BCUT2D eigenvalue weighted by Gasteiger charge is -2.09. The second-order valence-corrected chi connectivity index (χ2v) is 4.72. The zero-order chi connectivity index (χ0) is 15.9. The van der Waals surface area contributed by atoms with Crippen molar-refractivity contribution in [1.82, 2.24) is 10.1 Å². The number of nitrogens with zero attached hydrogens (tertiary/aromatic N) is 2. The van der Waals surface area contributed by atoms with Crippen molar-refractivity contribution in [2.45, 2.75) is 33.0 Å². The molecular formula is C15H18N2O5. The molecule has 2 rings (SSSR count). The minimum Gasteiger partial charge on any atom is -0.507 e. The van der Waals surface area contributed by atoms with Crippen LogP contribution in [-0.2, 0) is 20.9 Å². The van der Waals surface area contributed by atoms with Gasteiger partial charge in [0.15, 0.2) is 6.61 Å². The number of phenols is 1. The summed E-state index contributed by atoms with van der Waals surface area (Å²) in [5.74, 6) is -0.0685. The summed E-state index contributed by atoms with van der Waals surface area (Å²) in [5.41, 5.74) is 0.424. The first-order valence-corrected chi connectivity index (χ1v) is 6.98. The predicted octanol–water partition coefficient (Wildman–Crippen LogP) is 2.30. The summed E-state index contributed by atoms with van der Waals surface area (Å²) in [6.07, 6.45) is 0.826. The minimum absolute atomic E-state index is 0.00498. The molecule has 2 aromatic rings. The molecule has 22 heavy (non-hydrogen) atoms. The topological polar surface area (TPSA) is 94.7 Å². The number of carbonyl (C=O) groups excluding carboxylic acids is 1. The Kier molecular flexibility index (Phi) is 5.48. The molecule has 1 heterocycles. The number of hydrogen-bond acceptors (Lipinski definition) is 7. The average Bonchev–Trinajstić information content (AvgIpc) is 2.99. The van der Waals surface area contributed by atoms with Crippen LogP contribution in [0.4, 0.5) is 0 Å². The largest absolute Gasteiger partial charge is 0.507 e. The summed E-state index contributed by atoms with van der Waals surface area (Å²) in [6.45, 7) is 3.62. The van der Waals surface area contributed by atoms with Crippen LogP contribution in [0, 0.1) is 0 Å². The summed E-state index contributed by atoms with van der Waals surface area (Å²) in [4.78, 5) is 15.6. The third-order valence-electron chi connectivity index (χ3n) is 3.03. The van der Waals surface area contributed by atoms with E-state index in [1.807, 2.05) is 13.8 Å². The summed E-state index contributed by atoms with van der Waals surface area (Å²) in [6, 6.07) is 6.60. The van der Waals surface area contributed by atoms with Gasteiger partial charge in [0.2, 0.25) is 5.82 Å². The van der Waals surface area contributed by atoms with Gasteiger partial charge in [0.1, 0.15) is 12.4 Å². The summed E-state index contributed by atoms with van der Waals surface area (Å²) >= 11 is 0. The first kappa shape index (κ1) is 16.0. The van der Waals surface area contributed by atoms with E-state index in [0.29, 0.717) is 5.56 Å². The van der Waals surface area contributed by atoms with Crippen LogP contribution in [0.25, 0.3) is 11.5 Å². The van der Waals surface area contributed by atoms with Crippen molar-refractivity contribution in [3.63, 3.8) is 0 Å². The van der Waals surface area contributed by atoms with Crippen LogP contribution in [0.5, 0.6) is 5.75 Å². The Morgan fingerprint density at radius 3 is 2.91 bits per heavy atom. The van der Waals surface area contributed by atoms with E-state index in [2.05, 4.69) is 10.1 Å². The third-order valence-corrected chi connectivity index (χ3v) is 3.03. The van der Waals surface area contributed by atoms with Crippen molar-refractivity contribution in [3.8, 4) is 17.2 Å². The second kappa shape index (κ2) is 7.56. The molecule has 7 nitrogen and oxygen atoms in total. The van der Waals surface area contributed by atoms with Gasteiger partial charge in [-0.05, 0) is 25.5 Å². The van der Waals surface area contributed by atoms with E-state index in [1.165, 1.54) is 6.07 Å². The molecule has 0 aliphatic heterocycles. The fourth-order valence-electron chi connectivity index (χ4n) is 1.59. The lowest BCUT2D eigenvalue weighted by Crippen LogP contribution is -2.17. The quantitative estimate of drug-likeness (QED) is 0.784. The Bertz CT molecular complexity index is 626. The van der Waals surface area contributed by atoms with Gasteiger partial charge in [0, 0.05) is 0 Å². The normalized spacial score (nSPS) is 12.1. The molecule has 1 unspecified atom stereocenters. The number of phenolic OH excluding ortho intramolecular Hbond substituents is 1. The SMILES string of the molecule is CCC(C)OCC(=O)OCc1noc(-c2ccccc2O)n1. The number of ether oxygens (including phenoxy) is 2. The van der Waals surface area contributed by atoms with Crippen molar-refractivity contribution in [1.29, 1.82) is 0 Å². The number of benzene rings is 1. The molecule has 0 bridgehead atoms. The lowest BCUT2D eigenvalue weighted by atomic mass is 10.2. The van der Waals surface area contributed by atoms with Crippen LogP contribution in [0.15, 0.2) is 28.8 Å². The van der Waals surface area contributed by atoms with Crippen LogP contribution in [0.3, 0.4) is 0 Å². The molecule has 0 aliphatic carbocycles. The Balaban J connectivity index is 1.88. The van der Waals surface area contributed by atoms with Crippen LogP contribution in [0.1, 0.15) is 26.1 Å². The Hall–Kier alpha value is -2.41. The van der Waals surface area contributed by atoms with Crippen molar-refractivity contribution in [3.05, 3.63) is 30.1 Å². The molecule has 118 valence electrons. The van der Waals surface area contributed by atoms with Crippen LogP contribution < -0.4 is 0 Å². The van der Waals surface area contributed by atoms with Gasteiger partial charge < -0.3 is 19.1 Å². The van der Waals surface area contributed by atoms with E-state index in [4.69, 9.17) is 14.0 Å². The highest BCUT2D eigenvalue weighted by molar-refractivity contribution is 5.70. The maximum absolute atomic E-state index is 11.5. The van der Waals surface area contributed by atoms with E-state index >= 15 is 0 Å². The van der Waals surface area contributed by atoms with E-state index in [-0.39, 0.29) is 36.8 Å². The van der Waals surface area contributed by atoms with Crippen molar-refractivity contribution < 1.29 is 23.9 Å². The Labute approximate surface area is 127 Å². The van der Waals surface area contributed by atoms with Crippen molar-refractivity contribution in [2.24, 2.45) is 0 Å². The number of carbonyl (C=O) groups is 1. The van der Waals surface area contributed by atoms with Gasteiger partial charge in [-0.1, -0.05) is 24.2 Å². The first-order chi connectivity index (χ1) is 10.6. The highest BCUT2D eigenvalue weighted by atomic mass is 16.6. The average molecular weight is 306 g/mol. The number of rotatable bonds is 7. The van der Waals surface area contributed by atoms with E-state index < -0.39 is 5.97 Å². The van der Waals surface area contributed by atoms with E-state index in [9.17, 15) is 9.90 Å². The molecule has 0 saturated heterocycles. The molecule has 0 saturated carbocycles. The van der Waals surface area contributed by atoms with Gasteiger partial charge in [-0.2, -0.15) is 4.98 Å². The van der Waals surface area contributed by atoms with Gasteiger partial charge >= 0.3 is 5.97 Å². The summed E-state index contributed by atoms with van der Waals surface area (Å²) in [7, 11) is 0. The van der Waals surface area contributed by atoms with Gasteiger partial charge in [-0.3, -0.25) is 0 Å². The van der Waals surface area contributed by atoms with Gasteiger partial charge in [0.25, 0.3) is 5.89 Å². The van der Waals surface area contributed by atoms with Gasteiger partial charge in [0.05, 0.1) is 11.7 Å². The smallest absolute Gasteiger partial charge is 0.332 e. The fraction of sp³-hybridized carbons (Fsp3) is 0.400. The molecule has 1 aromatic heterocycles. The monoisotopic (exact) mass is 306 g/mol. The van der Waals surface area contributed by atoms with E-state index in [0.717, 1.165) is 6.42 Å². The maximum Gasteiger partial charge on any atom is 0.332 e. The lowest BCUT2D eigenvalue weighted by molar-refractivity contribution is -0.152. The fourth-order valence-corrected chi connectivity index (χ4v) is 1.59. The van der Waals surface area contributed by atoms with Crippen LogP contribution >= 0.6 is 0 Å². The second-order valence-electron chi connectivity index (χ2n) is 4.72. The molecule has 1 aromatic carbocycles. The highest BCUT2D eigenvalue weighted by Gasteiger charge is 2.14. The van der Waals surface area contributed by atoms with Gasteiger partial charge in [-0.15, -0.1) is 0 Å². The standard InChI is InChI=1S/C15H18N2O5/c1-3-10(2)20-9-14(19)21-8-13-16-15(22-17-13)11-6-4-5-7-12(11)18/h4-7,10,18H,3,8-9H2,1-2H3. The maximum atomic E-state index is 11.5. The molecule has 0 radical (unpaired) electrons. The predicted molar refractivity (Wildman–Crippen MR) is 76.9 cm³/mol. The van der Waals surface area contributed by atoms with E-state index in [1.54, 1.807) is 18.2 Å². The first-order valence-electron chi connectivity index (χ1n) is 6.98. The van der Waals surface area contributed by atoms with Crippen LogP contribution in [0.2, 0.25) is 0 Å². The summed E-state index contributed by atoms with van der Waals surface area (Å²) in [5, 5.41) is 13.4. The number of aromatic hydroxyl groups is 1. The molecule has 0 aliphatic rings. The zero-order valence-electron chi connectivity index (χ0n) is 12.5. The number of hydrogen-bond donors (Lipinski definition) is 1. The molecular weight excluding hydrogens is 288 g/mol. The van der Waals surface area contributed by atoms with Crippen molar-refractivity contribution >= 4 is 5.97 Å².